The highest BCUT2D eigenvalue weighted by Gasteiger charge is 2.08. The lowest BCUT2D eigenvalue weighted by molar-refractivity contribution is -0.384. The van der Waals surface area contributed by atoms with Crippen molar-refractivity contribution in [3.63, 3.8) is 0 Å². The van der Waals surface area contributed by atoms with E-state index in [0.29, 0.717) is 6.54 Å². The van der Waals surface area contributed by atoms with Gasteiger partial charge in [0.05, 0.1) is 11.5 Å². The highest BCUT2D eigenvalue weighted by Crippen LogP contribution is 2.12. The van der Waals surface area contributed by atoms with Crippen LogP contribution in [0.2, 0.25) is 0 Å². The van der Waals surface area contributed by atoms with E-state index in [9.17, 15) is 10.1 Å². The number of nitro groups is 1. The van der Waals surface area contributed by atoms with Crippen LogP contribution in [0.5, 0.6) is 0 Å². The predicted molar refractivity (Wildman–Crippen MR) is 121 cm³/mol. The van der Waals surface area contributed by atoms with Crippen LogP contribution in [0.25, 0.3) is 0 Å². The summed E-state index contributed by atoms with van der Waals surface area (Å²) in [5.74, 6) is 0.793. The minimum absolute atomic E-state index is 0. The minimum Gasteiger partial charge on any atom is -0.357 e. The van der Waals surface area contributed by atoms with Crippen molar-refractivity contribution in [3.8, 4) is 0 Å². The molecule has 2 rings (SSSR count). The summed E-state index contributed by atoms with van der Waals surface area (Å²) in [6.45, 7) is 7.83. The van der Waals surface area contributed by atoms with Gasteiger partial charge in [-0.1, -0.05) is 25.0 Å². The number of nitrogens with one attached hydrogen (secondary N) is 2. The molecule has 8 heteroatoms. The lowest BCUT2D eigenvalue weighted by Crippen LogP contribution is -2.39. The van der Waals surface area contributed by atoms with Gasteiger partial charge in [0.2, 0.25) is 0 Å². The Morgan fingerprint density at radius 1 is 1.15 bits per heavy atom. The van der Waals surface area contributed by atoms with Crippen molar-refractivity contribution in [2.75, 3.05) is 32.7 Å². The third-order valence-electron chi connectivity index (χ3n) is 4.55. The van der Waals surface area contributed by atoms with E-state index in [1.165, 1.54) is 50.9 Å². The number of benzene rings is 1. The number of likely N-dealkylation sites (tertiary alicyclic amines) is 1. The average Bonchev–Trinajstić information content (AvgIpc) is 2.92. The lowest BCUT2D eigenvalue weighted by Gasteiger charge is -2.20. The third-order valence-corrected chi connectivity index (χ3v) is 4.55. The van der Waals surface area contributed by atoms with Crippen molar-refractivity contribution in [2.45, 2.75) is 45.6 Å². The van der Waals surface area contributed by atoms with Gasteiger partial charge < -0.3 is 15.5 Å². The maximum Gasteiger partial charge on any atom is 0.269 e. The van der Waals surface area contributed by atoms with Crippen LogP contribution in [-0.4, -0.2) is 48.5 Å². The molecule has 1 saturated heterocycles. The van der Waals surface area contributed by atoms with Gasteiger partial charge in [-0.15, -0.1) is 24.0 Å². The molecule has 1 fully saturated rings. The summed E-state index contributed by atoms with van der Waals surface area (Å²) < 4.78 is 0. The first-order valence-electron chi connectivity index (χ1n) is 9.67. The van der Waals surface area contributed by atoms with E-state index in [1.807, 2.05) is 6.92 Å². The van der Waals surface area contributed by atoms with Crippen molar-refractivity contribution in [2.24, 2.45) is 4.99 Å². The standard InChI is InChI=1S/C19H31N5O2.HI/c1-2-20-19(21-12-7-15-23-13-5-3-4-6-14-23)22-16-17-8-10-18(11-9-17)24(25)26;/h8-11H,2-7,12-16H2,1H3,(H2,20,21,22);1H. The van der Waals surface area contributed by atoms with Gasteiger partial charge in [0, 0.05) is 25.2 Å². The first kappa shape index (κ1) is 23.6. The zero-order valence-electron chi connectivity index (χ0n) is 16.2. The zero-order valence-corrected chi connectivity index (χ0v) is 18.5. The summed E-state index contributed by atoms with van der Waals surface area (Å²) in [6, 6.07) is 6.55. The third kappa shape index (κ3) is 9.37. The number of halogens is 1. The summed E-state index contributed by atoms with van der Waals surface area (Å²) in [5, 5.41) is 17.3. The molecule has 7 nitrogen and oxygen atoms in total. The quantitative estimate of drug-likeness (QED) is 0.146. The topological polar surface area (TPSA) is 82.8 Å². The molecule has 0 spiro atoms. The zero-order chi connectivity index (χ0) is 18.6. The molecule has 0 radical (unpaired) electrons. The van der Waals surface area contributed by atoms with Crippen molar-refractivity contribution in [1.29, 1.82) is 0 Å². The van der Waals surface area contributed by atoms with Gasteiger partial charge in [0.1, 0.15) is 0 Å². The summed E-state index contributed by atoms with van der Waals surface area (Å²) in [5.41, 5.74) is 1.06. The van der Waals surface area contributed by atoms with E-state index >= 15 is 0 Å². The number of aliphatic imine (C=N–C) groups is 1. The summed E-state index contributed by atoms with van der Waals surface area (Å²) in [7, 11) is 0. The van der Waals surface area contributed by atoms with Crippen LogP contribution in [0.3, 0.4) is 0 Å². The van der Waals surface area contributed by atoms with Crippen LogP contribution in [0.1, 0.15) is 44.6 Å². The molecule has 0 atom stereocenters. The van der Waals surface area contributed by atoms with E-state index in [1.54, 1.807) is 12.1 Å². The van der Waals surface area contributed by atoms with Gasteiger partial charge in [-0.2, -0.15) is 0 Å². The number of guanidine groups is 1. The number of nitrogens with zero attached hydrogens (tertiary/aromatic N) is 3. The van der Waals surface area contributed by atoms with Gasteiger partial charge in [-0.3, -0.25) is 10.1 Å². The Morgan fingerprint density at radius 2 is 1.81 bits per heavy atom. The van der Waals surface area contributed by atoms with Gasteiger partial charge in [-0.05, 0) is 51.4 Å². The second-order valence-electron chi connectivity index (χ2n) is 6.65. The average molecular weight is 489 g/mol. The number of nitro benzene ring substituents is 1. The molecule has 0 aliphatic carbocycles. The van der Waals surface area contributed by atoms with Crippen LogP contribution < -0.4 is 10.6 Å². The first-order chi connectivity index (χ1) is 12.7. The molecule has 0 aromatic heterocycles. The number of rotatable bonds is 8. The molecule has 0 unspecified atom stereocenters. The Kier molecular flexibility index (Phi) is 12.0. The largest absolute Gasteiger partial charge is 0.357 e. The summed E-state index contributed by atoms with van der Waals surface area (Å²) in [4.78, 5) is 17.4. The minimum atomic E-state index is -0.386. The molecule has 1 aliphatic rings. The lowest BCUT2D eigenvalue weighted by atomic mass is 10.2. The van der Waals surface area contributed by atoms with Crippen LogP contribution in [0.15, 0.2) is 29.3 Å². The fourth-order valence-electron chi connectivity index (χ4n) is 3.10. The normalized spacial score (nSPS) is 15.5. The van der Waals surface area contributed by atoms with Crippen molar-refractivity contribution < 1.29 is 4.92 Å². The second kappa shape index (κ2) is 13.7. The van der Waals surface area contributed by atoms with Crippen molar-refractivity contribution in [1.82, 2.24) is 15.5 Å². The molecule has 2 N–H and O–H groups in total. The highest BCUT2D eigenvalue weighted by molar-refractivity contribution is 14.0. The van der Waals surface area contributed by atoms with Crippen molar-refractivity contribution in [3.05, 3.63) is 39.9 Å². The smallest absolute Gasteiger partial charge is 0.269 e. The molecule has 0 amide bonds. The fourth-order valence-corrected chi connectivity index (χ4v) is 3.10. The van der Waals surface area contributed by atoms with E-state index < -0.39 is 0 Å². The number of hydrogen-bond donors (Lipinski definition) is 2. The van der Waals surface area contributed by atoms with Gasteiger partial charge >= 0.3 is 0 Å². The Balaban J connectivity index is 0.00000364. The monoisotopic (exact) mass is 489 g/mol. The molecular formula is C19H32IN5O2. The maximum absolute atomic E-state index is 10.7. The SMILES string of the molecule is CCNC(=NCc1ccc([N+](=O)[O-])cc1)NCCCN1CCCCCC1.I. The molecule has 0 bridgehead atoms. The van der Waals surface area contributed by atoms with E-state index in [-0.39, 0.29) is 34.6 Å². The molecule has 1 heterocycles. The molecule has 1 aromatic rings. The van der Waals surface area contributed by atoms with Crippen LogP contribution in [0.4, 0.5) is 5.69 Å². The van der Waals surface area contributed by atoms with E-state index in [0.717, 1.165) is 37.6 Å². The van der Waals surface area contributed by atoms with Gasteiger partial charge in [0.15, 0.2) is 5.96 Å². The van der Waals surface area contributed by atoms with E-state index in [2.05, 4.69) is 20.5 Å². The summed E-state index contributed by atoms with van der Waals surface area (Å²) >= 11 is 0. The number of non-ortho nitro benzene ring substituents is 1. The highest BCUT2D eigenvalue weighted by atomic mass is 127. The van der Waals surface area contributed by atoms with Gasteiger partial charge in [0.25, 0.3) is 5.69 Å². The Bertz CT molecular complexity index is 572. The van der Waals surface area contributed by atoms with Crippen LogP contribution >= 0.6 is 24.0 Å². The predicted octanol–water partition coefficient (Wildman–Crippen LogP) is 3.53. The fraction of sp³-hybridized carbons (Fsp3) is 0.632. The molecule has 1 aliphatic heterocycles. The van der Waals surface area contributed by atoms with Crippen molar-refractivity contribution >= 4 is 35.6 Å². The maximum atomic E-state index is 10.7. The van der Waals surface area contributed by atoms with Crippen LogP contribution in [-0.2, 0) is 6.54 Å². The van der Waals surface area contributed by atoms with Crippen LogP contribution in [0, 0.1) is 10.1 Å². The van der Waals surface area contributed by atoms with E-state index in [4.69, 9.17) is 0 Å². The molecule has 152 valence electrons. The summed E-state index contributed by atoms with van der Waals surface area (Å²) in [6.07, 6.45) is 6.49. The Morgan fingerprint density at radius 3 is 2.41 bits per heavy atom. The first-order valence-corrected chi connectivity index (χ1v) is 9.67. The molecule has 0 saturated carbocycles. The number of hydrogen-bond acceptors (Lipinski definition) is 4. The molecule has 27 heavy (non-hydrogen) atoms. The molecule has 1 aromatic carbocycles. The van der Waals surface area contributed by atoms with Gasteiger partial charge in [-0.25, -0.2) is 4.99 Å². The molecular weight excluding hydrogens is 457 g/mol. The second-order valence-corrected chi connectivity index (χ2v) is 6.65. The Labute approximate surface area is 179 Å². The Hall–Kier alpha value is -1.42.